The van der Waals surface area contributed by atoms with Crippen LogP contribution in [0.1, 0.15) is 18.0 Å². The molecule has 1 heterocycles. The van der Waals surface area contributed by atoms with E-state index in [1.165, 1.54) is 0 Å². The summed E-state index contributed by atoms with van der Waals surface area (Å²) in [7, 11) is 0. The number of hydrogen-bond acceptors (Lipinski definition) is 3. The molecule has 1 amide bonds. The van der Waals surface area contributed by atoms with E-state index in [2.05, 4.69) is 0 Å². The number of carbonyl (C=O) groups excluding carboxylic acids is 2. The summed E-state index contributed by atoms with van der Waals surface area (Å²) < 4.78 is 0. The molecule has 2 aromatic rings. The minimum Gasteiger partial charge on any atom is -0.297 e. The molecule has 1 aliphatic heterocycles. The maximum Gasteiger partial charge on any atom is 0.238 e. The first-order chi connectivity index (χ1) is 11.2. The number of hydrogen-bond donors (Lipinski definition) is 0. The molecule has 3 nitrogen and oxygen atoms in total. The number of anilines is 1. The van der Waals surface area contributed by atoms with Crippen molar-refractivity contribution in [2.75, 3.05) is 16.9 Å². The van der Waals surface area contributed by atoms with E-state index in [0.717, 1.165) is 17.0 Å². The molecule has 0 unspecified atom stereocenters. The van der Waals surface area contributed by atoms with Crippen LogP contribution in [0.5, 0.6) is 0 Å². The van der Waals surface area contributed by atoms with Crippen LogP contribution in [0, 0.1) is 5.92 Å². The number of Topliss-reactive ketones (excluding diaryl/α,β-unsaturated/α-hetero) is 1. The van der Waals surface area contributed by atoms with Crippen LogP contribution in [0.4, 0.5) is 5.69 Å². The number of nitrogens with zero attached hydrogens (tertiary/aromatic N) is 1. The standard InChI is InChI=1S/C19H19NO2S/c1-23-13-12-16-18(21)17(14-8-4-2-5-9-14)20(19(16)22)15-10-6-3-7-11-15/h2-11,16-17H,12-13H2,1H3/t16-,17-/m1/s1. The molecule has 0 bridgehead atoms. The summed E-state index contributed by atoms with van der Waals surface area (Å²) in [5.41, 5.74) is 1.66. The van der Waals surface area contributed by atoms with E-state index >= 15 is 0 Å². The van der Waals surface area contributed by atoms with Crippen molar-refractivity contribution < 1.29 is 9.59 Å². The van der Waals surface area contributed by atoms with E-state index in [0.29, 0.717) is 6.42 Å². The molecule has 0 spiro atoms. The summed E-state index contributed by atoms with van der Waals surface area (Å²) in [6.45, 7) is 0. The van der Waals surface area contributed by atoms with Crippen LogP contribution in [0.2, 0.25) is 0 Å². The van der Waals surface area contributed by atoms with E-state index in [1.54, 1.807) is 16.7 Å². The van der Waals surface area contributed by atoms with Gasteiger partial charge in [-0.05, 0) is 36.1 Å². The molecule has 0 radical (unpaired) electrons. The van der Waals surface area contributed by atoms with Crippen molar-refractivity contribution in [2.24, 2.45) is 5.92 Å². The molecular weight excluding hydrogens is 306 g/mol. The molecule has 23 heavy (non-hydrogen) atoms. The highest BCUT2D eigenvalue weighted by Crippen LogP contribution is 2.38. The van der Waals surface area contributed by atoms with Gasteiger partial charge in [0, 0.05) is 5.69 Å². The Morgan fingerprint density at radius 2 is 1.57 bits per heavy atom. The topological polar surface area (TPSA) is 37.4 Å². The Balaban J connectivity index is 2.02. The maximum atomic E-state index is 12.9. The van der Waals surface area contributed by atoms with Gasteiger partial charge in [-0.3, -0.25) is 14.5 Å². The average Bonchev–Trinajstić information content (AvgIpc) is 2.85. The van der Waals surface area contributed by atoms with Crippen molar-refractivity contribution >= 4 is 29.1 Å². The highest BCUT2D eigenvalue weighted by Gasteiger charge is 2.47. The molecule has 0 aromatic heterocycles. The van der Waals surface area contributed by atoms with Gasteiger partial charge in [0.05, 0.1) is 0 Å². The summed E-state index contributed by atoms with van der Waals surface area (Å²) in [5.74, 6) is 0.211. The second-order valence-corrected chi connectivity index (χ2v) is 6.58. The first-order valence-corrected chi connectivity index (χ1v) is 9.09. The Morgan fingerprint density at radius 3 is 2.17 bits per heavy atom. The SMILES string of the molecule is CSCC[C@@H]1C(=O)[C@@H](c2ccccc2)N(c2ccccc2)C1=O. The summed E-state index contributed by atoms with van der Waals surface area (Å²) >= 11 is 1.66. The summed E-state index contributed by atoms with van der Waals surface area (Å²) in [6, 6.07) is 18.5. The molecule has 0 saturated carbocycles. The zero-order valence-corrected chi connectivity index (χ0v) is 13.8. The maximum absolute atomic E-state index is 12.9. The van der Waals surface area contributed by atoms with Gasteiger partial charge in [-0.25, -0.2) is 0 Å². The molecule has 4 heteroatoms. The van der Waals surface area contributed by atoms with Crippen LogP contribution in [0.25, 0.3) is 0 Å². The van der Waals surface area contributed by atoms with Crippen molar-refractivity contribution in [2.45, 2.75) is 12.5 Å². The van der Waals surface area contributed by atoms with Gasteiger partial charge in [0.15, 0.2) is 5.78 Å². The highest BCUT2D eigenvalue weighted by molar-refractivity contribution is 7.98. The minimum absolute atomic E-state index is 0.0131. The molecule has 0 N–H and O–H groups in total. The fraction of sp³-hybridized carbons (Fsp3) is 0.263. The van der Waals surface area contributed by atoms with Crippen molar-refractivity contribution in [1.82, 2.24) is 0 Å². The number of benzene rings is 2. The van der Waals surface area contributed by atoms with E-state index in [4.69, 9.17) is 0 Å². The largest absolute Gasteiger partial charge is 0.297 e. The van der Waals surface area contributed by atoms with Crippen LogP contribution in [-0.4, -0.2) is 23.7 Å². The lowest BCUT2D eigenvalue weighted by atomic mass is 9.96. The lowest BCUT2D eigenvalue weighted by Crippen LogP contribution is -2.29. The first-order valence-electron chi connectivity index (χ1n) is 7.69. The predicted octanol–water partition coefficient (Wildman–Crippen LogP) is 3.71. The third kappa shape index (κ3) is 3.04. The number of carbonyl (C=O) groups is 2. The molecule has 1 aliphatic rings. The quantitative estimate of drug-likeness (QED) is 0.786. The molecular formula is C19H19NO2S. The number of para-hydroxylation sites is 1. The lowest BCUT2D eigenvalue weighted by molar-refractivity contribution is -0.127. The van der Waals surface area contributed by atoms with E-state index < -0.39 is 12.0 Å². The van der Waals surface area contributed by atoms with Crippen molar-refractivity contribution in [3.8, 4) is 0 Å². The average molecular weight is 325 g/mol. The third-order valence-electron chi connectivity index (χ3n) is 4.17. The van der Waals surface area contributed by atoms with Crippen molar-refractivity contribution in [1.29, 1.82) is 0 Å². The molecule has 0 aliphatic carbocycles. The zero-order valence-electron chi connectivity index (χ0n) is 13.0. The first kappa shape index (κ1) is 15.8. The van der Waals surface area contributed by atoms with Crippen LogP contribution in [-0.2, 0) is 9.59 Å². The van der Waals surface area contributed by atoms with E-state index in [-0.39, 0.29) is 11.7 Å². The Morgan fingerprint density at radius 1 is 0.957 bits per heavy atom. The van der Waals surface area contributed by atoms with Gasteiger partial charge >= 0.3 is 0 Å². The van der Waals surface area contributed by atoms with Crippen LogP contribution < -0.4 is 4.90 Å². The highest BCUT2D eigenvalue weighted by atomic mass is 32.2. The van der Waals surface area contributed by atoms with Crippen LogP contribution in [0.15, 0.2) is 60.7 Å². The number of amides is 1. The van der Waals surface area contributed by atoms with E-state index in [1.807, 2.05) is 66.9 Å². The fourth-order valence-electron chi connectivity index (χ4n) is 3.05. The number of ketones is 1. The second-order valence-electron chi connectivity index (χ2n) is 5.59. The Bertz CT molecular complexity index is 630. The lowest BCUT2D eigenvalue weighted by Gasteiger charge is -2.24. The summed E-state index contributed by atoms with van der Waals surface area (Å²) in [5, 5.41) is 0. The van der Waals surface area contributed by atoms with Gasteiger partial charge < -0.3 is 0 Å². The Hall–Kier alpha value is -2.07. The third-order valence-corrected chi connectivity index (χ3v) is 4.81. The minimum atomic E-state index is -0.534. The zero-order chi connectivity index (χ0) is 16.2. The molecule has 3 rings (SSSR count). The molecule has 1 saturated heterocycles. The molecule has 2 aromatic carbocycles. The molecule has 118 valence electrons. The van der Waals surface area contributed by atoms with Gasteiger partial charge in [-0.2, -0.15) is 11.8 Å². The van der Waals surface area contributed by atoms with Gasteiger partial charge in [0.25, 0.3) is 0 Å². The van der Waals surface area contributed by atoms with Crippen molar-refractivity contribution in [3.63, 3.8) is 0 Å². The Kier molecular flexibility index (Phi) is 4.82. The number of rotatable bonds is 5. The fourth-order valence-corrected chi connectivity index (χ4v) is 3.52. The normalized spacial score (nSPS) is 21.0. The molecule has 2 atom stereocenters. The summed E-state index contributed by atoms with van der Waals surface area (Å²) in [6.07, 6.45) is 2.60. The van der Waals surface area contributed by atoms with Crippen LogP contribution >= 0.6 is 11.8 Å². The van der Waals surface area contributed by atoms with Gasteiger partial charge in [0.1, 0.15) is 12.0 Å². The monoisotopic (exact) mass is 325 g/mol. The smallest absolute Gasteiger partial charge is 0.238 e. The second kappa shape index (κ2) is 7.01. The van der Waals surface area contributed by atoms with Gasteiger partial charge in [-0.15, -0.1) is 0 Å². The van der Waals surface area contributed by atoms with Crippen molar-refractivity contribution in [3.05, 3.63) is 66.2 Å². The Labute approximate surface area is 140 Å². The number of thioether (sulfide) groups is 1. The van der Waals surface area contributed by atoms with Gasteiger partial charge in [0.2, 0.25) is 5.91 Å². The molecule has 1 fully saturated rings. The van der Waals surface area contributed by atoms with E-state index in [9.17, 15) is 9.59 Å². The summed E-state index contributed by atoms with van der Waals surface area (Å²) in [4.78, 5) is 27.5. The van der Waals surface area contributed by atoms with Crippen LogP contribution in [0.3, 0.4) is 0 Å². The van der Waals surface area contributed by atoms with Gasteiger partial charge in [-0.1, -0.05) is 48.5 Å². The predicted molar refractivity (Wildman–Crippen MR) is 94.6 cm³/mol.